The molecule has 0 fully saturated rings. The van der Waals surface area contributed by atoms with Crippen molar-refractivity contribution in [2.75, 3.05) is 5.73 Å². The lowest BCUT2D eigenvalue weighted by Crippen LogP contribution is -2.36. The average Bonchev–Trinajstić information content (AvgIpc) is 2.95. The molecule has 2 N–H and O–H groups in total. The van der Waals surface area contributed by atoms with Crippen LogP contribution in [0.3, 0.4) is 0 Å². The van der Waals surface area contributed by atoms with Crippen LogP contribution in [0.5, 0.6) is 0 Å². The minimum atomic E-state index is -5.06. The summed E-state index contributed by atoms with van der Waals surface area (Å²) in [6, 6.07) is 0.596. The van der Waals surface area contributed by atoms with Gasteiger partial charge in [-0.25, -0.2) is 18.2 Å². The molecule has 0 saturated carbocycles. The molecule has 138 valence electrons. The van der Waals surface area contributed by atoms with Gasteiger partial charge >= 0.3 is 6.18 Å². The predicted octanol–water partition coefficient (Wildman–Crippen LogP) is 3.81. The second-order valence-corrected chi connectivity index (χ2v) is 6.19. The first kappa shape index (κ1) is 18.2. The third-order valence-corrected chi connectivity index (χ3v) is 4.09. The summed E-state index contributed by atoms with van der Waals surface area (Å²) < 4.78 is 82.7. The van der Waals surface area contributed by atoms with Crippen molar-refractivity contribution in [3.63, 3.8) is 0 Å². The molecule has 2 heterocycles. The smallest absolute Gasteiger partial charge is 0.383 e. The molecule has 0 aliphatic carbocycles. The number of aromatic nitrogens is 4. The summed E-state index contributed by atoms with van der Waals surface area (Å²) in [4.78, 5) is 4.09. The van der Waals surface area contributed by atoms with Crippen molar-refractivity contribution in [2.45, 2.75) is 18.0 Å². The van der Waals surface area contributed by atoms with E-state index in [1.54, 1.807) is 0 Å². The van der Waals surface area contributed by atoms with Gasteiger partial charge in [0.25, 0.3) is 5.78 Å². The number of anilines is 1. The van der Waals surface area contributed by atoms with E-state index < -0.39 is 51.1 Å². The standard InChI is InChI=1S/C14H8ClF6N5/c1-13(15,14(19,20)21)10-9(8-6(17)2-5(16)3-7(8)18)11(22)26-12(25-10)23-4-24-26/h2-4H,22H2,1H3/t13-/m0/s1. The van der Waals surface area contributed by atoms with E-state index in [1.807, 2.05) is 0 Å². The molecule has 0 amide bonds. The third kappa shape index (κ3) is 2.62. The number of rotatable bonds is 2. The van der Waals surface area contributed by atoms with Gasteiger partial charge in [0.15, 0.2) is 4.87 Å². The van der Waals surface area contributed by atoms with Gasteiger partial charge in [-0.15, -0.1) is 11.6 Å². The molecule has 3 rings (SSSR count). The fourth-order valence-electron chi connectivity index (χ4n) is 2.37. The number of benzene rings is 1. The topological polar surface area (TPSA) is 69.1 Å². The lowest BCUT2D eigenvalue weighted by atomic mass is 9.95. The lowest BCUT2D eigenvalue weighted by Gasteiger charge is -2.27. The van der Waals surface area contributed by atoms with E-state index in [-0.39, 0.29) is 5.78 Å². The van der Waals surface area contributed by atoms with Gasteiger partial charge in [0.1, 0.15) is 29.6 Å². The molecule has 3 aromatic rings. The van der Waals surface area contributed by atoms with Crippen molar-refractivity contribution in [3.8, 4) is 11.1 Å². The van der Waals surface area contributed by atoms with Crippen molar-refractivity contribution >= 4 is 23.2 Å². The van der Waals surface area contributed by atoms with Crippen molar-refractivity contribution < 1.29 is 26.3 Å². The zero-order valence-electron chi connectivity index (χ0n) is 12.7. The molecule has 0 unspecified atom stereocenters. The molecule has 0 radical (unpaired) electrons. The second kappa shape index (κ2) is 5.73. The van der Waals surface area contributed by atoms with Crippen molar-refractivity contribution in [3.05, 3.63) is 41.6 Å². The van der Waals surface area contributed by atoms with E-state index >= 15 is 0 Å². The molecule has 0 bridgehead atoms. The van der Waals surface area contributed by atoms with Gasteiger partial charge in [-0.3, -0.25) is 0 Å². The molecule has 0 aliphatic heterocycles. The second-order valence-electron chi connectivity index (χ2n) is 5.44. The van der Waals surface area contributed by atoms with Crippen molar-refractivity contribution in [2.24, 2.45) is 0 Å². The van der Waals surface area contributed by atoms with Gasteiger partial charge in [0, 0.05) is 12.1 Å². The number of nitrogens with two attached hydrogens (primary N) is 1. The first-order valence-corrected chi connectivity index (χ1v) is 7.23. The zero-order chi connectivity index (χ0) is 19.4. The molecule has 5 nitrogen and oxygen atoms in total. The summed E-state index contributed by atoms with van der Waals surface area (Å²) in [6.45, 7) is 0.548. The van der Waals surface area contributed by atoms with Gasteiger partial charge in [-0.1, -0.05) is 0 Å². The lowest BCUT2D eigenvalue weighted by molar-refractivity contribution is -0.161. The number of fused-ring (bicyclic) bond motifs is 1. The molecular formula is C14H8ClF6N5. The highest BCUT2D eigenvalue weighted by atomic mass is 35.5. The SMILES string of the molecule is C[C@](Cl)(c1nc2ncnn2c(N)c1-c1c(F)cc(F)cc1F)C(F)(F)F. The van der Waals surface area contributed by atoms with E-state index in [2.05, 4.69) is 15.1 Å². The number of hydrogen-bond donors (Lipinski definition) is 1. The summed E-state index contributed by atoms with van der Waals surface area (Å²) in [7, 11) is 0. The molecule has 0 aliphatic rings. The van der Waals surface area contributed by atoms with Gasteiger partial charge in [0.2, 0.25) is 0 Å². The number of halogens is 7. The maximum atomic E-state index is 14.2. The van der Waals surface area contributed by atoms with Crippen LogP contribution < -0.4 is 5.73 Å². The monoisotopic (exact) mass is 395 g/mol. The third-order valence-electron chi connectivity index (χ3n) is 3.70. The molecule has 26 heavy (non-hydrogen) atoms. The van der Waals surface area contributed by atoms with Crippen LogP contribution in [0, 0.1) is 17.5 Å². The maximum Gasteiger partial charge on any atom is 0.412 e. The van der Waals surface area contributed by atoms with Crippen molar-refractivity contribution in [1.82, 2.24) is 19.6 Å². The van der Waals surface area contributed by atoms with Crippen LogP contribution in [-0.4, -0.2) is 25.8 Å². The molecule has 1 aromatic carbocycles. The van der Waals surface area contributed by atoms with Gasteiger partial charge in [-0.2, -0.15) is 27.8 Å². The highest BCUT2D eigenvalue weighted by Crippen LogP contribution is 2.48. The Morgan fingerprint density at radius 3 is 2.19 bits per heavy atom. The van der Waals surface area contributed by atoms with Crippen LogP contribution in [0.25, 0.3) is 16.9 Å². The van der Waals surface area contributed by atoms with Crippen molar-refractivity contribution in [1.29, 1.82) is 0 Å². The van der Waals surface area contributed by atoms with Crippen LogP contribution in [0.4, 0.5) is 32.2 Å². The fourth-order valence-corrected chi connectivity index (χ4v) is 2.50. The van der Waals surface area contributed by atoms with E-state index in [4.69, 9.17) is 17.3 Å². The van der Waals surface area contributed by atoms with Crippen LogP contribution in [-0.2, 0) is 4.87 Å². The number of nitrogens with zero attached hydrogens (tertiary/aromatic N) is 4. The normalized spacial score (nSPS) is 14.6. The largest absolute Gasteiger partial charge is 0.412 e. The molecule has 1 atom stereocenters. The summed E-state index contributed by atoms with van der Waals surface area (Å²) >= 11 is 5.65. The zero-order valence-corrected chi connectivity index (χ0v) is 13.5. The Bertz CT molecular complexity index is 990. The minimum Gasteiger partial charge on any atom is -0.383 e. The van der Waals surface area contributed by atoms with Crippen LogP contribution in [0.2, 0.25) is 0 Å². The van der Waals surface area contributed by atoms with Crippen LogP contribution in [0.15, 0.2) is 18.5 Å². The van der Waals surface area contributed by atoms with Gasteiger partial charge < -0.3 is 5.73 Å². The number of alkyl halides is 4. The molecule has 12 heteroatoms. The Labute approximate surface area is 146 Å². The highest BCUT2D eigenvalue weighted by Gasteiger charge is 2.54. The Balaban J connectivity index is 2.49. The summed E-state index contributed by atoms with van der Waals surface area (Å²) in [5.41, 5.74) is 2.98. The first-order valence-electron chi connectivity index (χ1n) is 6.85. The molecule has 0 saturated heterocycles. The summed E-state index contributed by atoms with van der Waals surface area (Å²) in [5, 5.41) is 3.64. The van der Waals surface area contributed by atoms with E-state index in [0.717, 1.165) is 10.8 Å². The Morgan fingerprint density at radius 2 is 1.65 bits per heavy atom. The maximum absolute atomic E-state index is 14.2. The fraction of sp³-hybridized carbons (Fsp3) is 0.214. The Hall–Kier alpha value is -2.56. The Morgan fingerprint density at radius 1 is 1.08 bits per heavy atom. The molecule has 0 spiro atoms. The Kier molecular flexibility index (Phi) is 4.02. The van der Waals surface area contributed by atoms with Gasteiger partial charge in [-0.05, 0) is 6.92 Å². The van der Waals surface area contributed by atoms with Crippen LogP contribution >= 0.6 is 11.6 Å². The average molecular weight is 396 g/mol. The predicted molar refractivity (Wildman–Crippen MR) is 79.8 cm³/mol. The first-order chi connectivity index (χ1) is 11.9. The van der Waals surface area contributed by atoms with Gasteiger partial charge in [0.05, 0.1) is 16.8 Å². The quantitative estimate of drug-likeness (QED) is 0.529. The van der Waals surface area contributed by atoms with E-state index in [1.165, 1.54) is 0 Å². The van der Waals surface area contributed by atoms with Crippen LogP contribution in [0.1, 0.15) is 12.6 Å². The summed E-state index contributed by atoms with van der Waals surface area (Å²) in [5.74, 6) is -5.18. The highest BCUT2D eigenvalue weighted by molar-refractivity contribution is 6.24. The number of nitrogen functional groups attached to an aromatic ring is 1. The summed E-state index contributed by atoms with van der Waals surface area (Å²) in [6.07, 6.45) is -4.13. The number of hydrogen-bond acceptors (Lipinski definition) is 4. The molecular weight excluding hydrogens is 388 g/mol. The molecule has 2 aromatic heterocycles. The minimum absolute atomic E-state index is 0.298. The van der Waals surface area contributed by atoms with E-state index in [9.17, 15) is 26.3 Å². The van der Waals surface area contributed by atoms with E-state index in [0.29, 0.717) is 19.1 Å².